The number of aromatic hydroxyl groups is 1. The van der Waals surface area contributed by atoms with Crippen molar-refractivity contribution in [2.75, 3.05) is 27.4 Å². The lowest BCUT2D eigenvalue weighted by Crippen LogP contribution is -2.33. The van der Waals surface area contributed by atoms with Gasteiger partial charge in [0.1, 0.15) is 5.76 Å². The molecule has 34 heavy (non-hydrogen) atoms. The van der Waals surface area contributed by atoms with Crippen LogP contribution in [0.4, 0.5) is 0 Å². The summed E-state index contributed by atoms with van der Waals surface area (Å²) in [6.07, 6.45) is -0.0797. The lowest BCUT2D eigenvalue weighted by molar-refractivity contribution is -0.140. The fourth-order valence-corrected chi connectivity index (χ4v) is 4.41. The molecule has 2 aromatic rings. The molecule has 0 spiro atoms. The summed E-state index contributed by atoms with van der Waals surface area (Å²) >= 11 is 12.4. The van der Waals surface area contributed by atoms with Crippen LogP contribution in [-0.2, 0) is 14.3 Å². The molecule has 1 aliphatic heterocycles. The molecule has 0 saturated carbocycles. The molecule has 0 aromatic heterocycles. The first-order valence-electron chi connectivity index (χ1n) is 10.4. The molecule has 3 rings (SSSR count). The Balaban J connectivity index is 2.17. The molecule has 1 saturated heterocycles. The number of nitrogens with zero attached hydrogens (tertiary/aromatic N) is 1. The van der Waals surface area contributed by atoms with E-state index >= 15 is 0 Å². The predicted molar refractivity (Wildman–Crippen MR) is 128 cm³/mol. The fraction of sp³-hybridized carbons (Fsp3) is 0.333. The minimum atomic E-state index is -0.993. The van der Waals surface area contributed by atoms with Crippen molar-refractivity contribution < 1.29 is 34.0 Å². The van der Waals surface area contributed by atoms with E-state index in [1.165, 1.54) is 43.4 Å². The molecule has 2 aromatic carbocycles. The minimum Gasteiger partial charge on any atom is -0.507 e. The number of aliphatic hydroxyl groups is 1. The van der Waals surface area contributed by atoms with E-state index in [2.05, 4.69) is 0 Å². The van der Waals surface area contributed by atoms with E-state index in [0.29, 0.717) is 5.56 Å². The molecular formula is C24H25Cl2NO7. The van der Waals surface area contributed by atoms with Crippen molar-refractivity contribution in [3.05, 3.63) is 57.1 Å². The molecule has 1 aliphatic rings. The standard InChI is InChI=1S/C24H25Cl2NO7/c1-12(2)34-8-7-27-20(13-5-6-18(32-3)17(28)11-13)19(22(30)24(27)31)21(29)14-9-15(25)23(33-4)16(26)10-14/h5-6,9-12,20,28-29H,7-8H2,1-4H3/b21-19+. The van der Waals surface area contributed by atoms with Crippen LogP contribution in [0.25, 0.3) is 5.76 Å². The molecule has 0 bridgehead atoms. The number of ether oxygens (including phenoxy) is 3. The average Bonchev–Trinajstić information content (AvgIpc) is 3.03. The van der Waals surface area contributed by atoms with Gasteiger partial charge in [-0.25, -0.2) is 0 Å². The number of benzene rings is 2. The predicted octanol–water partition coefficient (Wildman–Crippen LogP) is 4.56. The quantitative estimate of drug-likeness (QED) is 0.305. The van der Waals surface area contributed by atoms with Crippen LogP contribution in [0, 0.1) is 0 Å². The monoisotopic (exact) mass is 509 g/mol. The first kappa shape index (κ1) is 25.7. The van der Waals surface area contributed by atoms with Crippen LogP contribution in [-0.4, -0.2) is 60.3 Å². The third-order valence-corrected chi connectivity index (χ3v) is 5.88. The molecule has 182 valence electrons. The Morgan fingerprint density at radius 3 is 2.26 bits per heavy atom. The highest BCUT2D eigenvalue weighted by Gasteiger charge is 2.46. The molecular weight excluding hydrogens is 485 g/mol. The van der Waals surface area contributed by atoms with Crippen molar-refractivity contribution in [1.82, 2.24) is 4.90 Å². The number of halogens is 2. The van der Waals surface area contributed by atoms with Gasteiger partial charge in [0.15, 0.2) is 17.2 Å². The lowest BCUT2D eigenvalue weighted by Gasteiger charge is -2.26. The number of hydrogen-bond acceptors (Lipinski definition) is 7. The summed E-state index contributed by atoms with van der Waals surface area (Å²) in [6, 6.07) is 6.28. The van der Waals surface area contributed by atoms with Gasteiger partial charge < -0.3 is 29.3 Å². The van der Waals surface area contributed by atoms with E-state index in [0.717, 1.165) is 0 Å². The fourth-order valence-electron chi connectivity index (χ4n) is 3.77. The van der Waals surface area contributed by atoms with Gasteiger partial charge in [0.25, 0.3) is 11.7 Å². The lowest BCUT2D eigenvalue weighted by atomic mass is 9.95. The Hall–Kier alpha value is -2.94. The third-order valence-electron chi connectivity index (χ3n) is 5.32. The Morgan fingerprint density at radius 1 is 1.09 bits per heavy atom. The van der Waals surface area contributed by atoms with E-state index in [-0.39, 0.29) is 57.7 Å². The number of carbonyl (C=O) groups is 2. The second-order valence-electron chi connectivity index (χ2n) is 7.82. The van der Waals surface area contributed by atoms with Gasteiger partial charge in [-0.1, -0.05) is 29.3 Å². The number of hydrogen-bond donors (Lipinski definition) is 2. The van der Waals surface area contributed by atoms with Crippen LogP contribution >= 0.6 is 23.2 Å². The molecule has 1 atom stereocenters. The summed E-state index contributed by atoms with van der Waals surface area (Å²) < 4.78 is 15.8. The topological polar surface area (TPSA) is 106 Å². The highest BCUT2D eigenvalue weighted by molar-refractivity contribution is 6.46. The zero-order chi connectivity index (χ0) is 25.2. The first-order valence-corrected chi connectivity index (χ1v) is 11.2. The summed E-state index contributed by atoms with van der Waals surface area (Å²) in [4.78, 5) is 27.3. The van der Waals surface area contributed by atoms with Crippen molar-refractivity contribution >= 4 is 40.7 Å². The second-order valence-corrected chi connectivity index (χ2v) is 8.63. The van der Waals surface area contributed by atoms with E-state index < -0.39 is 23.5 Å². The summed E-state index contributed by atoms with van der Waals surface area (Å²) in [5.74, 6) is -1.90. The van der Waals surface area contributed by atoms with Gasteiger partial charge in [0.2, 0.25) is 0 Å². The van der Waals surface area contributed by atoms with Crippen LogP contribution in [0.15, 0.2) is 35.9 Å². The molecule has 0 radical (unpaired) electrons. The first-order chi connectivity index (χ1) is 16.1. The molecule has 2 N–H and O–H groups in total. The third kappa shape index (κ3) is 4.94. The van der Waals surface area contributed by atoms with E-state index in [1.54, 1.807) is 6.07 Å². The molecule has 1 heterocycles. The minimum absolute atomic E-state index is 0.0797. The Kier molecular flexibility index (Phi) is 7.97. The molecule has 1 unspecified atom stereocenters. The van der Waals surface area contributed by atoms with Gasteiger partial charge in [-0.2, -0.15) is 0 Å². The van der Waals surface area contributed by atoms with E-state index in [1.807, 2.05) is 13.8 Å². The van der Waals surface area contributed by atoms with Crippen LogP contribution < -0.4 is 9.47 Å². The zero-order valence-electron chi connectivity index (χ0n) is 19.1. The SMILES string of the molecule is COc1ccc(C2/C(=C(\O)c3cc(Cl)c(OC)c(Cl)c3)C(=O)C(=O)N2CCOC(C)C)cc1O. The van der Waals surface area contributed by atoms with E-state index in [9.17, 15) is 19.8 Å². The van der Waals surface area contributed by atoms with Gasteiger partial charge >= 0.3 is 0 Å². The molecule has 1 amide bonds. The number of amides is 1. The Bertz CT molecular complexity index is 1120. The number of carbonyl (C=O) groups excluding carboxylic acids is 2. The number of likely N-dealkylation sites (tertiary alicyclic amines) is 1. The number of aliphatic hydroxyl groups excluding tert-OH is 1. The Morgan fingerprint density at radius 2 is 1.74 bits per heavy atom. The Labute approximate surface area is 207 Å². The summed E-state index contributed by atoms with van der Waals surface area (Å²) in [5.41, 5.74) is 0.362. The van der Waals surface area contributed by atoms with Crippen molar-refractivity contribution in [3.63, 3.8) is 0 Å². The van der Waals surface area contributed by atoms with Crippen LogP contribution in [0.5, 0.6) is 17.2 Å². The van der Waals surface area contributed by atoms with Crippen LogP contribution in [0.2, 0.25) is 10.0 Å². The number of phenolic OH excluding ortho intramolecular Hbond substituents is 1. The number of ketones is 1. The van der Waals surface area contributed by atoms with Crippen LogP contribution in [0.1, 0.15) is 31.0 Å². The number of Topliss-reactive ketones (excluding diaryl/α,β-unsaturated/α-hetero) is 1. The van der Waals surface area contributed by atoms with Gasteiger partial charge in [-0.3, -0.25) is 9.59 Å². The number of phenols is 1. The van der Waals surface area contributed by atoms with Crippen molar-refractivity contribution in [1.29, 1.82) is 0 Å². The average molecular weight is 510 g/mol. The summed E-state index contributed by atoms with van der Waals surface area (Å²) in [6.45, 7) is 3.96. The number of methoxy groups -OCH3 is 2. The molecule has 8 nitrogen and oxygen atoms in total. The largest absolute Gasteiger partial charge is 0.507 e. The molecule has 1 fully saturated rings. The smallest absolute Gasteiger partial charge is 0.295 e. The van der Waals surface area contributed by atoms with Gasteiger partial charge in [-0.15, -0.1) is 0 Å². The molecule has 0 aliphatic carbocycles. The normalized spacial score (nSPS) is 17.5. The maximum absolute atomic E-state index is 13.1. The van der Waals surface area contributed by atoms with Gasteiger partial charge in [-0.05, 0) is 43.7 Å². The maximum atomic E-state index is 13.1. The van der Waals surface area contributed by atoms with E-state index in [4.69, 9.17) is 37.4 Å². The van der Waals surface area contributed by atoms with Gasteiger partial charge in [0.05, 0.1) is 48.6 Å². The van der Waals surface area contributed by atoms with Crippen molar-refractivity contribution in [3.8, 4) is 17.2 Å². The van der Waals surface area contributed by atoms with Crippen LogP contribution in [0.3, 0.4) is 0 Å². The van der Waals surface area contributed by atoms with Crippen molar-refractivity contribution in [2.24, 2.45) is 0 Å². The maximum Gasteiger partial charge on any atom is 0.295 e. The zero-order valence-corrected chi connectivity index (χ0v) is 20.6. The summed E-state index contributed by atoms with van der Waals surface area (Å²) in [5, 5.41) is 21.7. The second kappa shape index (κ2) is 10.5. The van der Waals surface area contributed by atoms with Crippen molar-refractivity contribution in [2.45, 2.75) is 26.0 Å². The highest BCUT2D eigenvalue weighted by atomic mass is 35.5. The number of rotatable bonds is 8. The highest BCUT2D eigenvalue weighted by Crippen LogP contribution is 2.43. The summed E-state index contributed by atoms with van der Waals surface area (Å²) in [7, 11) is 2.80. The molecule has 10 heteroatoms. The van der Waals surface area contributed by atoms with Gasteiger partial charge in [0, 0.05) is 12.1 Å².